The number of nitrogens with zero attached hydrogens (tertiary/aromatic N) is 2. The third-order valence-corrected chi connectivity index (χ3v) is 4.06. The highest BCUT2D eigenvalue weighted by Gasteiger charge is 2.14. The number of hydrazone groups is 1. The van der Waals surface area contributed by atoms with Crippen molar-refractivity contribution in [3.05, 3.63) is 71.0 Å². The minimum Gasteiger partial charge on any atom is -0.256 e. The number of benzene rings is 2. The summed E-state index contributed by atoms with van der Waals surface area (Å²) in [4.78, 5) is 4.34. The first-order valence-electron chi connectivity index (χ1n) is 6.81. The van der Waals surface area contributed by atoms with Gasteiger partial charge in [-0.1, -0.05) is 23.9 Å². The predicted molar refractivity (Wildman–Crippen MR) is 86.0 cm³/mol. The van der Waals surface area contributed by atoms with Crippen LogP contribution in [-0.2, 0) is 6.54 Å². The molecular weight excluding hydrogens is 323 g/mol. The van der Waals surface area contributed by atoms with Crippen LogP contribution in [0.5, 0.6) is 0 Å². The van der Waals surface area contributed by atoms with E-state index in [1.807, 2.05) is 0 Å². The molecule has 0 bridgehead atoms. The lowest BCUT2D eigenvalue weighted by atomic mass is 10.1. The predicted octanol–water partition coefficient (Wildman–Crippen LogP) is 3.70. The molecule has 2 aromatic carbocycles. The molecule has 23 heavy (non-hydrogen) atoms. The Kier molecular flexibility index (Phi) is 4.66. The molecule has 1 aliphatic rings. The second-order valence-corrected chi connectivity index (χ2v) is 5.83. The van der Waals surface area contributed by atoms with Crippen molar-refractivity contribution in [3.63, 3.8) is 0 Å². The third kappa shape index (κ3) is 4.13. The molecular formula is C16H12F3N3S. The van der Waals surface area contributed by atoms with Crippen molar-refractivity contribution in [3.8, 4) is 0 Å². The van der Waals surface area contributed by atoms with Crippen molar-refractivity contribution < 1.29 is 13.2 Å². The molecule has 0 radical (unpaired) electrons. The van der Waals surface area contributed by atoms with Crippen LogP contribution >= 0.6 is 11.8 Å². The maximum Gasteiger partial charge on any atom is 0.177 e. The molecule has 3 rings (SSSR count). The van der Waals surface area contributed by atoms with Gasteiger partial charge in [-0.2, -0.15) is 5.10 Å². The van der Waals surface area contributed by atoms with E-state index in [1.165, 1.54) is 36.0 Å². The van der Waals surface area contributed by atoms with E-state index in [4.69, 9.17) is 0 Å². The van der Waals surface area contributed by atoms with Gasteiger partial charge in [-0.3, -0.25) is 10.4 Å². The van der Waals surface area contributed by atoms with Crippen LogP contribution in [0.25, 0.3) is 0 Å². The SMILES string of the molecule is Fc1ccc(CN=C2NN=C(c3cc(F)cc(F)c3)CS2)cc1. The molecule has 7 heteroatoms. The Morgan fingerprint density at radius 2 is 1.70 bits per heavy atom. The quantitative estimate of drug-likeness (QED) is 0.928. The summed E-state index contributed by atoms with van der Waals surface area (Å²) < 4.78 is 39.3. The Morgan fingerprint density at radius 1 is 1.00 bits per heavy atom. The van der Waals surface area contributed by atoms with Gasteiger partial charge >= 0.3 is 0 Å². The molecule has 0 unspecified atom stereocenters. The first-order chi connectivity index (χ1) is 11.1. The fraction of sp³-hybridized carbons (Fsp3) is 0.125. The maximum absolute atomic E-state index is 13.2. The van der Waals surface area contributed by atoms with Crippen LogP contribution in [0.3, 0.4) is 0 Å². The number of amidine groups is 1. The number of halogens is 3. The van der Waals surface area contributed by atoms with E-state index in [0.717, 1.165) is 11.6 Å². The normalized spacial score (nSPS) is 16.1. The Bertz CT molecular complexity index is 752. The third-order valence-electron chi connectivity index (χ3n) is 3.15. The summed E-state index contributed by atoms with van der Waals surface area (Å²) in [6.07, 6.45) is 0. The van der Waals surface area contributed by atoms with Gasteiger partial charge in [0.05, 0.1) is 12.3 Å². The number of nitrogens with one attached hydrogen (secondary N) is 1. The summed E-state index contributed by atoms with van der Waals surface area (Å²) in [5.41, 5.74) is 4.60. The van der Waals surface area contributed by atoms with Gasteiger partial charge in [0.15, 0.2) is 5.17 Å². The summed E-state index contributed by atoms with van der Waals surface area (Å²) in [5.74, 6) is -1.10. The lowest BCUT2D eigenvalue weighted by molar-refractivity contribution is 0.583. The molecule has 0 atom stereocenters. The molecule has 2 aromatic rings. The monoisotopic (exact) mass is 335 g/mol. The molecule has 0 saturated carbocycles. The summed E-state index contributed by atoms with van der Waals surface area (Å²) in [5, 5.41) is 4.72. The molecule has 0 amide bonds. The van der Waals surface area contributed by atoms with E-state index >= 15 is 0 Å². The van der Waals surface area contributed by atoms with Crippen molar-refractivity contribution in [2.24, 2.45) is 10.1 Å². The minimum atomic E-state index is -0.636. The zero-order valence-corrected chi connectivity index (χ0v) is 12.7. The maximum atomic E-state index is 13.2. The molecule has 1 heterocycles. The van der Waals surface area contributed by atoms with Gasteiger partial charge in [-0.15, -0.1) is 0 Å². The Balaban J connectivity index is 1.67. The van der Waals surface area contributed by atoms with Gasteiger partial charge in [0.25, 0.3) is 0 Å². The van der Waals surface area contributed by atoms with Crippen LogP contribution in [0.2, 0.25) is 0 Å². The van der Waals surface area contributed by atoms with E-state index in [1.54, 1.807) is 12.1 Å². The molecule has 1 N–H and O–H groups in total. The zero-order valence-electron chi connectivity index (χ0n) is 11.9. The lowest BCUT2D eigenvalue weighted by Gasteiger charge is -2.15. The first kappa shape index (κ1) is 15.6. The summed E-state index contributed by atoms with van der Waals surface area (Å²) in [7, 11) is 0. The average Bonchev–Trinajstić information content (AvgIpc) is 2.54. The number of hydrogen-bond donors (Lipinski definition) is 1. The molecule has 3 nitrogen and oxygen atoms in total. The smallest absolute Gasteiger partial charge is 0.177 e. The molecule has 0 fully saturated rings. The van der Waals surface area contributed by atoms with E-state index in [0.29, 0.717) is 28.7 Å². The van der Waals surface area contributed by atoms with E-state index < -0.39 is 11.6 Å². The van der Waals surface area contributed by atoms with Crippen LogP contribution in [0.15, 0.2) is 52.6 Å². The molecule has 0 aliphatic carbocycles. The number of rotatable bonds is 3. The van der Waals surface area contributed by atoms with Crippen molar-refractivity contribution in [1.29, 1.82) is 0 Å². The minimum absolute atomic E-state index is 0.289. The van der Waals surface area contributed by atoms with Crippen molar-refractivity contribution in [2.45, 2.75) is 6.54 Å². The Hall–Kier alpha value is -2.28. The summed E-state index contributed by atoms with van der Waals surface area (Å²) >= 11 is 1.39. The molecule has 0 aromatic heterocycles. The fourth-order valence-electron chi connectivity index (χ4n) is 2.02. The molecule has 118 valence electrons. The molecule has 0 spiro atoms. The van der Waals surface area contributed by atoms with Gasteiger partial charge in [0, 0.05) is 17.4 Å². The number of thioether (sulfide) groups is 1. The summed E-state index contributed by atoms with van der Waals surface area (Å²) in [6, 6.07) is 9.39. The van der Waals surface area contributed by atoms with Crippen LogP contribution in [-0.4, -0.2) is 16.6 Å². The Labute approximate surface area is 135 Å². The van der Waals surface area contributed by atoms with Gasteiger partial charge in [-0.05, 0) is 29.8 Å². The first-order valence-corrected chi connectivity index (χ1v) is 7.79. The zero-order chi connectivity index (χ0) is 16.2. The second-order valence-electron chi connectivity index (χ2n) is 4.86. The molecule has 0 saturated heterocycles. The average molecular weight is 335 g/mol. The van der Waals surface area contributed by atoms with Crippen LogP contribution in [0.1, 0.15) is 11.1 Å². The van der Waals surface area contributed by atoms with E-state index in [2.05, 4.69) is 15.5 Å². The van der Waals surface area contributed by atoms with E-state index in [-0.39, 0.29) is 5.82 Å². The number of hydrogen-bond acceptors (Lipinski definition) is 3. The van der Waals surface area contributed by atoms with Gasteiger partial charge in [0.2, 0.25) is 0 Å². The molecule has 1 aliphatic heterocycles. The van der Waals surface area contributed by atoms with Gasteiger partial charge in [0.1, 0.15) is 17.5 Å². The van der Waals surface area contributed by atoms with Crippen molar-refractivity contribution in [2.75, 3.05) is 5.75 Å². The van der Waals surface area contributed by atoms with Crippen molar-refractivity contribution in [1.82, 2.24) is 5.43 Å². The van der Waals surface area contributed by atoms with Crippen LogP contribution in [0, 0.1) is 17.5 Å². The van der Waals surface area contributed by atoms with Crippen LogP contribution in [0.4, 0.5) is 13.2 Å². The van der Waals surface area contributed by atoms with Gasteiger partial charge in [-0.25, -0.2) is 13.2 Å². The summed E-state index contributed by atoms with van der Waals surface area (Å²) in [6.45, 7) is 0.398. The van der Waals surface area contributed by atoms with Gasteiger partial charge < -0.3 is 0 Å². The topological polar surface area (TPSA) is 36.8 Å². The second kappa shape index (κ2) is 6.87. The van der Waals surface area contributed by atoms with Crippen molar-refractivity contribution >= 4 is 22.6 Å². The highest BCUT2D eigenvalue weighted by atomic mass is 32.2. The Morgan fingerprint density at radius 3 is 2.30 bits per heavy atom. The largest absolute Gasteiger partial charge is 0.256 e. The van der Waals surface area contributed by atoms with E-state index in [9.17, 15) is 13.2 Å². The highest BCUT2D eigenvalue weighted by molar-refractivity contribution is 8.14. The van der Waals surface area contributed by atoms with Crippen LogP contribution < -0.4 is 5.43 Å². The number of aliphatic imine (C=N–C) groups is 1. The highest BCUT2D eigenvalue weighted by Crippen LogP contribution is 2.16. The standard InChI is InChI=1S/C16H12F3N3S/c17-12-3-1-10(2-4-12)8-20-16-22-21-15(9-23-16)11-5-13(18)7-14(19)6-11/h1-7H,8-9H2,(H,20,22). The lowest BCUT2D eigenvalue weighted by Crippen LogP contribution is -2.25. The fourth-order valence-corrected chi connectivity index (χ4v) is 2.79.